The number of carbonyl (C=O) groups is 2. The lowest BCUT2D eigenvalue weighted by Crippen LogP contribution is -2.40. The number of rotatable bonds is 6. The summed E-state index contributed by atoms with van der Waals surface area (Å²) in [5.41, 5.74) is 1.60. The van der Waals surface area contributed by atoms with Gasteiger partial charge in [-0.1, -0.05) is 34.1 Å². The first-order valence-corrected chi connectivity index (χ1v) is 8.30. The van der Waals surface area contributed by atoms with E-state index in [9.17, 15) is 14.0 Å². The van der Waals surface area contributed by atoms with Crippen LogP contribution in [0.25, 0.3) is 0 Å². The molecule has 0 aliphatic heterocycles. The van der Waals surface area contributed by atoms with Gasteiger partial charge in [0.25, 0.3) is 0 Å². The van der Waals surface area contributed by atoms with Crippen molar-refractivity contribution < 1.29 is 14.0 Å². The summed E-state index contributed by atoms with van der Waals surface area (Å²) in [7, 11) is 0. The normalized spacial score (nSPS) is 10.3. The van der Waals surface area contributed by atoms with Crippen molar-refractivity contribution in [3.05, 3.63) is 64.4 Å². The Morgan fingerprint density at radius 1 is 1.17 bits per heavy atom. The van der Waals surface area contributed by atoms with E-state index in [1.165, 1.54) is 24.0 Å². The van der Waals surface area contributed by atoms with Crippen LogP contribution < -0.4 is 10.2 Å². The molecule has 126 valence electrons. The third-order valence-electron chi connectivity index (χ3n) is 3.45. The number of benzene rings is 2. The molecule has 0 spiro atoms. The number of anilines is 1. The summed E-state index contributed by atoms with van der Waals surface area (Å²) >= 11 is 3.35. The summed E-state index contributed by atoms with van der Waals surface area (Å²) in [4.78, 5) is 25.3. The van der Waals surface area contributed by atoms with Crippen LogP contribution in [-0.2, 0) is 16.0 Å². The molecule has 2 amide bonds. The zero-order valence-corrected chi connectivity index (χ0v) is 14.8. The minimum absolute atomic E-state index is 0.0464. The maximum Gasteiger partial charge on any atom is 0.240 e. The first-order valence-electron chi connectivity index (χ1n) is 7.50. The fourth-order valence-electron chi connectivity index (χ4n) is 2.23. The Morgan fingerprint density at radius 2 is 1.88 bits per heavy atom. The van der Waals surface area contributed by atoms with E-state index >= 15 is 0 Å². The average Bonchev–Trinajstić information content (AvgIpc) is 2.54. The van der Waals surface area contributed by atoms with Crippen molar-refractivity contribution in [3.8, 4) is 0 Å². The summed E-state index contributed by atoms with van der Waals surface area (Å²) in [6, 6.07) is 13.4. The third-order valence-corrected chi connectivity index (χ3v) is 3.94. The van der Waals surface area contributed by atoms with E-state index in [1.807, 2.05) is 12.1 Å². The van der Waals surface area contributed by atoms with Gasteiger partial charge in [-0.2, -0.15) is 0 Å². The molecule has 0 unspecified atom stereocenters. The van der Waals surface area contributed by atoms with Crippen molar-refractivity contribution in [2.24, 2.45) is 0 Å². The number of nitrogens with zero attached hydrogens (tertiary/aromatic N) is 1. The molecule has 1 N–H and O–H groups in total. The Morgan fingerprint density at radius 3 is 2.50 bits per heavy atom. The number of amides is 2. The molecular formula is C18H18BrFN2O2. The summed E-state index contributed by atoms with van der Waals surface area (Å²) in [6.45, 7) is 1.80. The Hall–Kier alpha value is -2.21. The molecule has 0 saturated carbocycles. The van der Waals surface area contributed by atoms with Crippen LogP contribution in [0.15, 0.2) is 53.0 Å². The van der Waals surface area contributed by atoms with Crippen molar-refractivity contribution in [2.75, 3.05) is 18.0 Å². The van der Waals surface area contributed by atoms with E-state index in [-0.39, 0.29) is 24.2 Å². The summed E-state index contributed by atoms with van der Waals surface area (Å²) < 4.78 is 13.7. The molecule has 24 heavy (non-hydrogen) atoms. The first kappa shape index (κ1) is 18.1. The van der Waals surface area contributed by atoms with Crippen LogP contribution in [0, 0.1) is 5.82 Å². The van der Waals surface area contributed by atoms with Gasteiger partial charge in [0.2, 0.25) is 11.8 Å². The second-order valence-electron chi connectivity index (χ2n) is 5.31. The van der Waals surface area contributed by atoms with Gasteiger partial charge in [-0.3, -0.25) is 9.59 Å². The molecule has 0 aliphatic rings. The topological polar surface area (TPSA) is 49.4 Å². The molecule has 0 saturated heterocycles. The van der Waals surface area contributed by atoms with Gasteiger partial charge in [-0.15, -0.1) is 0 Å². The first-order chi connectivity index (χ1) is 11.5. The number of hydrogen-bond donors (Lipinski definition) is 1. The van der Waals surface area contributed by atoms with Gasteiger partial charge < -0.3 is 10.2 Å². The molecule has 6 heteroatoms. The molecule has 4 nitrogen and oxygen atoms in total. The average molecular weight is 393 g/mol. The minimum Gasteiger partial charge on any atom is -0.354 e. The zero-order chi connectivity index (χ0) is 17.5. The maximum atomic E-state index is 12.8. The molecule has 0 aliphatic carbocycles. The van der Waals surface area contributed by atoms with Gasteiger partial charge in [-0.05, 0) is 42.3 Å². The van der Waals surface area contributed by atoms with Crippen LogP contribution in [0.1, 0.15) is 12.5 Å². The van der Waals surface area contributed by atoms with Crippen molar-refractivity contribution in [2.45, 2.75) is 13.3 Å². The molecule has 2 aromatic carbocycles. The quantitative estimate of drug-likeness (QED) is 0.819. The van der Waals surface area contributed by atoms with E-state index in [0.29, 0.717) is 18.7 Å². The maximum absolute atomic E-state index is 12.8. The van der Waals surface area contributed by atoms with Gasteiger partial charge in [-0.25, -0.2) is 4.39 Å². The lowest BCUT2D eigenvalue weighted by atomic mass is 10.1. The lowest BCUT2D eigenvalue weighted by Gasteiger charge is -2.21. The summed E-state index contributed by atoms with van der Waals surface area (Å²) in [6.07, 6.45) is 0.600. The molecule has 0 fully saturated rings. The van der Waals surface area contributed by atoms with E-state index in [2.05, 4.69) is 21.2 Å². The van der Waals surface area contributed by atoms with Crippen LogP contribution in [0.3, 0.4) is 0 Å². The SMILES string of the molecule is CC(=O)N(CC(=O)NCCc1ccc(F)cc1)c1cccc(Br)c1. The van der Waals surface area contributed by atoms with Crippen LogP contribution >= 0.6 is 15.9 Å². The monoisotopic (exact) mass is 392 g/mol. The van der Waals surface area contributed by atoms with E-state index in [0.717, 1.165) is 10.0 Å². The summed E-state index contributed by atoms with van der Waals surface area (Å²) in [5.74, 6) is -0.733. The summed E-state index contributed by atoms with van der Waals surface area (Å²) in [5, 5.41) is 2.78. The number of halogens is 2. The number of hydrogen-bond acceptors (Lipinski definition) is 2. The Bertz CT molecular complexity index is 719. The largest absolute Gasteiger partial charge is 0.354 e. The van der Waals surface area contributed by atoms with Crippen LogP contribution in [0.4, 0.5) is 10.1 Å². The molecule has 0 radical (unpaired) electrons. The molecule has 2 aromatic rings. The van der Waals surface area contributed by atoms with Crippen molar-refractivity contribution in [1.82, 2.24) is 5.32 Å². The highest BCUT2D eigenvalue weighted by atomic mass is 79.9. The van der Waals surface area contributed by atoms with E-state index in [1.54, 1.807) is 24.3 Å². The van der Waals surface area contributed by atoms with Crippen LogP contribution in [0.2, 0.25) is 0 Å². The van der Waals surface area contributed by atoms with Crippen molar-refractivity contribution in [3.63, 3.8) is 0 Å². The molecule has 0 atom stereocenters. The highest BCUT2D eigenvalue weighted by Crippen LogP contribution is 2.19. The second-order valence-corrected chi connectivity index (χ2v) is 6.23. The lowest BCUT2D eigenvalue weighted by molar-refractivity contribution is -0.123. The smallest absolute Gasteiger partial charge is 0.240 e. The van der Waals surface area contributed by atoms with E-state index in [4.69, 9.17) is 0 Å². The molecule has 0 heterocycles. The fraction of sp³-hybridized carbons (Fsp3) is 0.222. The van der Waals surface area contributed by atoms with Gasteiger partial charge in [0.1, 0.15) is 12.4 Å². The van der Waals surface area contributed by atoms with Gasteiger partial charge in [0.15, 0.2) is 0 Å². The molecule has 0 bridgehead atoms. The molecular weight excluding hydrogens is 375 g/mol. The predicted octanol–water partition coefficient (Wildman–Crippen LogP) is 3.30. The second kappa shape index (κ2) is 8.59. The van der Waals surface area contributed by atoms with Gasteiger partial charge in [0.05, 0.1) is 0 Å². The van der Waals surface area contributed by atoms with Crippen molar-refractivity contribution in [1.29, 1.82) is 0 Å². The third kappa shape index (κ3) is 5.45. The number of nitrogens with one attached hydrogen (secondary N) is 1. The highest BCUT2D eigenvalue weighted by molar-refractivity contribution is 9.10. The Kier molecular flexibility index (Phi) is 6.49. The van der Waals surface area contributed by atoms with Crippen LogP contribution in [0.5, 0.6) is 0 Å². The molecule has 2 rings (SSSR count). The predicted molar refractivity (Wildman–Crippen MR) is 95.3 cm³/mol. The standard InChI is InChI=1S/C18H18BrFN2O2/c1-13(23)22(17-4-2-3-15(19)11-17)12-18(24)21-10-9-14-5-7-16(20)8-6-14/h2-8,11H,9-10,12H2,1H3,(H,21,24). The van der Waals surface area contributed by atoms with E-state index < -0.39 is 0 Å². The zero-order valence-electron chi connectivity index (χ0n) is 13.3. The minimum atomic E-state index is -0.283. The van der Waals surface area contributed by atoms with Crippen molar-refractivity contribution >= 4 is 33.4 Å². The fourth-order valence-corrected chi connectivity index (χ4v) is 2.61. The van der Waals surface area contributed by atoms with Crippen LogP contribution in [-0.4, -0.2) is 24.9 Å². The Labute approximate surface area is 148 Å². The number of carbonyl (C=O) groups excluding carboxylic acids is 2. The highest BCUT2D eigenvalue weighted by Gasteiger charge is 2.15. The van der Waals surface area contributed by atoms with Gasteiger partial charge in [0, 0.05) is 23.6 Å². The Balaban J connectivity index is 1.89. The molecule has 0 aromatic heterocycles. The van der Waals surface area contributed by atoms with Gasteiger partial charge >= 0.3 is 0 Å².